The molecule has 0 amide bonds. The van der Waals surface area contributed by atoms with Gasteiger partial charge in [-0.2, -0.15) is 9.49 Å². The van der Waals surface area contributed by atoms with Crippen molar-refractivity contribution in [3.63, 3.8) is 0 Å². The fraction of sp³-hybridized carbons (Fsp3) is 1.00. The topological polar surface area (TPSA) is 0 Å². The number of hydrogen-bond donors (Lipinski definition) is 0. The SMILES string of the molecule is [S-]C12CC(C34CC(C56CC([S-])(C5)C6)(C3)C4)(C1)C2. The summed E-state index contributed by atoms with van der Waals surface area (Å²) in [6.07, 6.45) is 13.2. The molecule has 0 unspecified atom stereocenters. The molecule has 0 aromatic heterocycles. The zero-order valence-electron chi connectivity index (χ0n) is 10.2. The molecule has 0 atom stereocenters. The standard InChI is InChI=1S/C15H20S2/c16-14-4-12(5-14,6-14)10-1-11(2-10,3-10)13-7-15(17,8-13)9-13/h16-17H,1-9H2/p-2. The molecule has 0 aromatic carbocycles. The predicted octanol–water partition coefficient (Wildman–Crippen LogP) is 3.10. The van der Waals surface area contributed by atoms with Crippen LogP contribution in [0, 0.1) is 21.7 Å². The van der Waals surface area contributed by atoms with Gasteiger partial charge in [-0.05, 0) is 40.9 Å². The van der Waals surface area contributed by atoms with Crippen LogP contribution in [-0.2, 0) is 25.3 Å². The van der Waals surface area contributed by atoms with E-state index in [1.165, 1.54) is 38.5 Å². The minimum absolute atomic E-state index is 0.392. The molecule has 9 aliphatic carbocycles. The maximum atomic E-state index is 5.61. The van der Waals surface area contributed by atoms with E-state index in [1.54, 1.807) is 19.3 Å². The second kappa shape index (κ2) is 1.97. The monoisotopic (exact) mass is 262 g/mol. The third-order valence-corrected chi connectivity index (χ3v) is 9.11. The molecule has 0 aromatic rings. The Labute approximate surface area is 114 Å². The molecule has 6 bridgehead atoms. The quantitative estimate of drug-likeness (QED) is 0.701. The molecule has 92 valence electrons. The summed E-state index contributed by atoms with van der Waals surface area (Å²) < 4.78 is 0.785. The number of rotatable bonds is 2. The van der Waals surface area contributed by atoms with Crippen LogP contribution in [0.4, 0.5) is 0 Å². The van der Waals surface area contributed by atoms with E-state index in [-0.39, 0.29) is 0 Å². The highest BCUT2D eigenvalue weighted by atomic mass is 32.1. The van der Waals surface area contributed by atoms with Crippen molar-refractivity contribution in [1.82, 2.24) is 0 Å². The highest BCUT2D eigenvalue weighted by molar-refractivity contribution is 7.61. The fourth-order valence-electron chi connectivity index (χ4n) is 7.43. The van der Waals surface area contributed by atoms with Crippen molar-refractivity contribution in [2.24, 2.45) is 21.7 Å². The second-order valence-corrected chi connectivity index (χ2v) is 10.8. The molecule has 0 saturated heterocycles. The van der Waals surface area contributed by atoms with Crippen molar-refractivity contribution in [3.8, 4) is 0 Å². The summed E-state index contributed by atoms with van der Waals surface area (Å²) in [6, 6.07) is 0. The first-order valence-electron chi connectivity index (χ1n) is 7.27. The van der Waals surface area contributed by atoms with Gasteiger partial charge in [0.25, 0.3) is 0 Å². The summed E-state index contributed by atoms with van der Waals surface area (Å²) in [5, 5.41) is 0. The molecular weight excluding hydrogens is 244 g/mol. The summed E-state index contributed by atoms with van der Waals surface area (Å²) in [5.41, 5.74) is 3.15. The summed E-state index contributed by atoms with van der Waals surface area (Å²) in [6.45, 7) is 0. The predicted molar refractivity (Wildman–Crippen MR) is 71.5 cm³/mol. The molecule has 0 heterocycles. The van der Waals surface area contributed by atoms with E-state index in [4.69, 9.17) is 25.3 Å². The van der Waals surface area contributed by atoms with E-state index >= 15 is 0 Å². The van der Waals surface area contributed by atoms with Gasteiger partial charge >= 0.3 is 0 Å². The molecule has 0 nitrogen and oxygen atoms in total. The van der Waals surface area contributed by atoms with Gasteiger partial charge in [-0.25, -0.2) is 0 Å². The van der Waals surface area contributed by atoms with E-state index in [1.807, 2.05) is 0 Å². The Kier molecular flexibility index (Phi) is 1.11. The van der Waals surface area contributed by atoms with Crippen LogP contribution in [0.15, 0.2) is 0 Å². The minimum Gasteiger partial charge on any atom is -0.786 e. The van der Waals surface area contributed by atoms with Gasteiger partial charge < -0.3 is 25.3 Å². The Morgan fingerprint density at radius 2 is 0.647 bits per heavy atom. The molecule has 0 spiro atoms. The van der Waals surface area contributed by atoms with Crippen LogP contribution >= 0.6 is 0 Å². The summed E-state index contributed by atoms with van der Waals surface area (Å²) in [5.74, 6) is 0. The van der Waals surface area contributed by atoms with Crippen LogP contribution in [0.3, 0.4) is 0 Å². The van der Waals surface area contributed by atoms with Crippen LogP contribution in [0.1, 0.15) is 57.8 Å². The van der Waals surface area contributed by atoms with Gasteiger partial charge in [0.1, 0.15) is 0 Å². The van der Waals surface area contributed by atoms with Crippen LogP contribution < -0.4 is 0 Å². The first-order valence-corrected chi connectivity index (χ1v) is 8.09. The first-order chi connectivity index (χ1) is 7.86. The Balaban J connectivity index is 1.26. The van der Waals surface area contributed by atoms with E-state index < -0.39 is 0 Å². The minimum atomic E-state index is 0.392. The lowest BCUT2D eigenvalue weighted by Gasteiger charge is -2.97. The van der Waals surface area contributed by atoms with Crippen LogP contribution in [0.25, 0.3) is 0 Å². The van der Waals surface area contributed by atoms with Crippen LogP contribution in [0.5, 0.6) is 0 Å². The molecule has 2 heteroatoms. The molecular formula is C15H18S2-2. The molecule has 9 fully saturated rings. The Morgan fingerprint density at radius 3 is 0.882 bits per heavy atom. The summed E-state index contributed by atoms with van der Waals surface area (Å²) in [4.78, 5) is 0. The lowest BCUT2D eigenvalue weighted by atomic mass is 9.13. The molecule has 17 heavy (non-hydrogen) atoms. The average molecular weight is 262 g/mol. The molecule has 9 saturated carbocycles. The summed E-state index contributed by atoms with van der Waals surface area (Å²) in [7, 11) is 0. The van der Waals surface area contributed by atoms with Crippen molar-refractivity contribution < 1.29 is 0 Å². The van der Waals surface area contributed by atoms with Crippen molar-refractivity contribution in [1.29, 1.82) is 0 Å². The van der Waals surface area contributed by atoms with Gasteiger partial charge in [-0.1, -0.05) is 38.5 Å². The van der Waals surface area contributed by atoms with E-state index in [9.17, 15) is 0 Å². The molecule has 9 rings (SSSR count). The zero-order valence-corrected chi connectivity index (χ0v) is 11.8. The maximum absolute atomic E-state index is 5.61. The van der Waals surface area contributed by atoms with Crippen molar-refractivity contribution in [2.45, 2.75) is 67.3 Å². The molecule has 0 aliphatic heterocycles. The normalized spacial score (nSPS) is 80.8. The second-order valence-electron chi connectivity index (χ2n) is 9.08. The summed E-state index contributed by atoms with van der Waals surface area (Å²) >= 11 is 11.2. The molecule has 9 aliphatic rings. The van der Waals surface area contributed by atoms with Gasteiger partial charge in [0.15, 0.2) is 0 Å². The van der Waals surface area contributed by atoms with Crippen molar-refractivity contribution in [3.05, 3.63) is 0 Å². The van der Waals surface area contributed by atoms with Crippen molar-refractivity contribution in [2.75, 3.05) is 0 Å². The van der Waals surface area contributed by atoms with E-state index in [0.29, 0.717) is 9.49 Å². The third kappa shape index (κ3) is 0.683. The van der Waals surface area contributed by atoms with Crippen LogP contribution in [0.2, 0.25) is 0 Å². The molecule has 0 radical (unpaired) electrons. The highest BCUT2D eigenvalue weighted by Crippen LogP contribution is 2.96. The largest absolute Gasteiger partial charge is 0.786 e. The third-order valence-electron chi connectivity index (χ3n) is 8.24. The van der Waals surface area contributed by atoms with Gasteiger partial charge in [-0.3, -0.25) is 0 Å². The van der Waals surface area contributed by atoms with E-state index in [0.717, 1.165) is 21.7 Å². The zero-order chi connectivity index (χ0) is 11.4. The van der Waals surface area contributed by atoms with Crippen LogP contribution in [-0.4, -0.2) is 9.49 Å². The smallest absolute Gasteiger partial charge is 0.0226 e. The lowest BCUT2D eigenvalue weighted by molar-refractivity contribution is -0.408. The van der Waals surface area contributed by atoms with Gasteiger partial charge in [0.2, 0.25) is 0 Å². The number of hydrogen-bond acceptors (Lipinski definition) is 2. The van der Waals surface area contributed by atoms with Gasteiger partial charge in [-0.15, -0.1) is 0 Å². The Hall–Kier alpha value is 0.700. The maximum Gasteiger partial charge on any atom is -0.0226 e. The highest BCUT2D eigenvalue weighted by Gasteiger charge is 2.87. The Bertz CT molecular complexity index is 390. The lowest BCUT2D eigenvalue weighted by Crippen LogP contribution is -2.87. The van der Waals surface area contributed by atoms with Crippen molar-refractivity contribution >= 4 is 25.3 Å². The molecule has 0 N–H and O–H groups in total. The first kappa shape index (κ1) is 9.58. The van der Waals surface area contributed by atoms with Gasteiger partial charge in [0, 0.05) is 0 Å². The van der Waals surface area contributed by atoms with E-state index in [2.05, 4.69) is 0 Å². The van der Waals surface area contributed by atoms with Gasteiger partial charge in [0.05, 0.1) is 0 Å². The fourth-order valence-corrected chi connectivity index (χ4v) is 9.09. The Morgan fingerprint density at radius 1 is 0.412 bits per heavy atom. The average Bonchev–Trinajstić information content (AvgIpc) is 1.87.